The third kappa shape index (κ3) is 3.75. The highest BCUT2D eigenvalue weighted by atomic mass is 35.5. The Hall–Kier alpha value is -3.19. The molecule has 0 aliphatic heterocycles. The zero-order valence-corrected chi connectivity index (χ0v) is 16.4. The number of carbonyl (C=O) groups is 1. The van der Waals surface area contributed by atoms with E-state index < -0.39 is 5.91 Å². The smallest absolute Gasteiger partial charge is 0.292 e. The summed E-state index contributed by atoms with van der Waals surface area (Å²) < 4.78 is 6.57. The lowest BCUT2D eigenvalue weighted by atomic mass is 10.1. The third-order valence-electron chi connectivity index (χ3n) is 4.26. The number of nitrogens with one attached hydrogen (secondary N) is 1. The van der Waals surface area contributed by atoms with Crippen LogP contribution in [-0.4, -0.2) is 28.5 Å². The normalized spacial score (nSPS) is 11.5. The molecule has 8 heteroatoms. The first-order chi connectivity index (χ1) is 13.5. The Morgan fingerprint density at radius 3 is 2.64 bits per heavy atom. The van der Waals surface area contributed by atoms with Gasteiger partial charge in [-0.1, -0.05) is 29.8 Å². The van der Waals surface area contributed by atoms with Crippen LogP contribution in [0.15, 0.2) is 52.4 Å². The van der Waals surface area contributed by atoms with Crippen molar-refractivity contribution in [2.45, 2.75) is 20.4 Å². The minimum atomic E-state index is -0.515. The Labute approximate surface area is 166 Å². The number of fused-ring (bicyclic) bond motifs is 1. The van der Waals surface area contributed by atoms with Gasteiger partial charge in [0.1, 0.15) is 5.75 Å². The molecule has 0 spiro atoms. The van der Waals surface area contributed by atoms with Gasteiger partial charge in [-0.3, -0.25) is 9.59 Å². The number of hydrogen-bond donors (Lipinski definition) is 1. The number of benzene rings is 2. The first-order valence-corrected chi connectivity index (χ1v) is 9.02. The number of amides is 1. The monoisotopic (exact) mass is 398 g/mol. The number of aromatic nitrogens is 2. The zero-order valence-electron chi connectivity index (χ0n) is 15.7. The summed E-state index contributed by atoms with van der Waals surface area (Å²) in [5.41, 5.74) is 3.57. The molecule has 0 aliphatic rings. The van der Waals surface area contributed by atoms with Crippen molar-refractivity contribution >= 4 is 34.0 Å². The van der Waals surface area contributed by atoms with Crippen molar-refractivity contribution < 1.29 is 9.53 Å². The Morgan fingerprint density at radius 1 is 1.25 bits per heavy atom. The van der Waals surface area contributed by atoms with Crippen molar-refractivity contribution in [1.82, 2.24) is 15.2 Å². The van der Waals surface area contributed by atoms with Crippen LogP contribution in [0.2, 0.25) is 5.02 Å². The van der Waals surface area contributed by atoms with Crippen LogP contribution in [-0.2, 0) is 6.54 Å². The van der Waals surface area contributed by atoms with E-state index >= 15 is 0 Å². The van der Waals surface area contributed by atoms with Crippen LogP contribution in [0, 0.1) is 0 Å². The van der Waals surface area contributed by atoms with Crippen LogP contribution < -0.4 is 15.7 Å². The van der Waals surface area contributed by atoms with Crippen molar-refractivity contribution in [1.29, 1.82) is 0 Å². The first-order valence-electron chi connectivity index (χ1n) is 8.64. The summed E-state index contributed by atoms with van der Waals surface area (Å²) in [6.45, 7) is 3.87. The van der Waals surface area contributed by atoms with Gasteiger partial charge in [0.15, 0.2) is 5.69 Å². The van der Waals surface area contributed by atoms with Gasteiger partial charge in [-0.2, -0.15) is 10.2 Å². The molecule has 0 radical (unpaired) electrons. The van der Waals surface area contributed by atoms with Crippen molar-refractivity contribution in [3.63, 3.8) is 0 Å². The van der Waals surface area contributed by atoms with Crippen LogP contribution in [0.5, 0.6) is 5.75 Å². The fourth-order valence-electron chi connectivity index (χ4n) is 2.83. The number of carbonyl (C=O) groups excluding carboxylic acids is 1. The lowest BCUT2D eigenvalue weighted by Gasteiger charge is -2.10. The highest BCUT2D eigenvalue weighted by molar-refractivity contribution is 6.31. The van der Waals surface area contributed by atoms with Crippen LogP contribution >= 0.6 is 11.6 Å². The number of ether oxygens (including phenoxy) is 1. The molecule has 144 valence electrons. The van der Waals surface area contributed by atoms with Crippen molar-refractivity contribution in [3.8, 4) is 5.75 Å². The average Bonchev–Trinajstić information content (AvgIpc) is 2.72. The van der Waals surface area contributed by atoms with Crippen LogP contribution in [0.4, 0.5) is 0 Å². The molecule has 1 aromatic heterocycles. The fraction of sp³-hybridized carbons (Fsp3) is 0.200. The van der Waals surface area contributed by atoms with E-state index in [-0.39, 0.29) is 11.3 Å². The average molecular weight is 399 g/mol. The molecule has 0 saturated carbocycles. The largest absolute Gasteiger partial charge is 0.496 e. The molecule has 2 aromatic carbocycles. The van der Waals surface area contributed by atoms with E-state index in [1.165, 1.54) is 4.68 Å². The Bertz CT molecular complexity index is 1140. The van der Waals surface area contributed by atoms with Crippen molar-refractivity contribution in [2.24, 2.45) is 5.10 Å². The molecular formula is C20H19ClN4O3. The lowest BCUT2D eigenvalue weighted by molar-refractivity contribution is 0.0949. The molecule has 0 aliphatic carbocycles. The van der Waals surface area contributed by atoms with Crippen LogP contribution in [0.25, 0.3) is 10.8 Å². The van der Waals surface area contributed by atoms with E-state index in [1.807, 2.05) is 0 Å². The second kappa shape index (κ2) is 8.22. The highest BCUT2D eigenvalue weighted by Gasteiger charge is 2.16. The predicted molar refractivity (Wildman–Crippen MR) is 109 cm³/mol. The van der Waals surface area contributed by atoms with Crippen molar-refractivity contribution in [2.75, 3.05) is 7.11 Å². The molecule has 0 bridgehead atoms. The Morgan fingerprint density at radius 2 is 1.96 bits per heavy atom. The quantitative estimate of drug-likeness (QED) is 0.528. The molecule has 0 fully saturated rings. The third-order valence-corrected chi connectivity index (χ3v) is 4.49. The van der Waals surface area contributed by atoms with E-state index in [9.17, 15) is 9.59 Å². The summed E-state index contributed by atoms with van der Waals surface area (Å²) in [7, 11) is 1.54. The molecule has 0 atom stereocenters. The SMILES string of the molecule is CCn1nc(C(=O)N/N=C(/C)c2cc(Cl)ccc2OC)c2ccccc2c1=O. The second-order valence-corrected chi connectivity index (χ2v) is 6.43. The molecule has 3 aromatic rings. The van der Waals surface area contributed by atoms with Gasteiger partial charge in [0.05, 0.1) is 18.2 Å². The minimum Gasteiger partial charge on any atom is -0.496 e. The number of aryl methyl sites for hydroxylation is 1. The van der Waals surface area contributed by atoms with Gasteiger partial charge >= 0.3 is 0 Å². The number of rotatable bonds is 5. The van der Waals surface area contributed by atoms with E-state index in [1.54, 1.807) is 63.4 Å². The van der Waals surface area contributed by atoms with Gasteiger partial charge in [0, 0.05) is 22.5 Å². The minimum absolute atomic E-state index is 0.131. The molecule has 0 saturated heterocycles. The maximum absolute atomic E-state index is 12.7. The molecular weight excluding hydrogens is 380 g/mol. The number of nitrogens with zero attached hydrogens (tertiary/aromatic N) is 3. The molecule has 3 rings (SSSR count). The lowest BCUT2D eigenvalue weighted by Crippen LogP contribution is -2.28. The zero-order chi connectivity index (χ0) is 20.3. The highest BCUT2D eigenvalue weighted by Crippen LogP contribution is 2.23. The molecule has 1 amide bonds. The van der Waals surface area contributed by atoms with Crippen molar-refractivity contribution in [3.05, 3.63) is 69.1 Å². The topological polar surface area (TPSA) is 85.6 Å². The molecule has 28 heavy (non-hydrogen) atoms. The first kappa shape index (κ1) is 19.6. The van der Waals surface area contributed by atoms with Gasteiger partial charge < -0.3 is 4.74 Å². The number of hydrazone groups is 1. The van der Waals surface area contributed by atoms with E-state index in [2.05, 4.69) is 15.6 Å². The summed E-state index contributed by atoms with van der Waals surface area (Å²) in [6, 6.07) is 12.0. The molecule has 0 unspecified atom stereocenters. The molecule has 1 heterocycles. The van der Waals surface area contributed by atoms with Gasteiger partial charge in [-0.05, 0) is 38.1 Å². The van der Waals surface area contributed by atoms with Gasteiger partial charge in [0.25, 0.3) is 11.5 Å². The summed E-state index contributed by atoms with van der Waals surface area (Å²) in [5.74, 6) is 0.0711. The van der Waals surface area contributed by atoms with Crippen LogP contribution in [0.3, 0.4) is 0 Å². The molecule has 7 nitrogen and oxygen atoms in total. The van der Waals surface area contributed by atoms with E-state index in [0.717, 1.165) is 0 Å². The van der Waals surface area contributed by atoms with Gasteiger partial charge in [-0.25, -0.2) is 10.1 Å². The fourth-order valence-corrected chi connectivity index (χ4v) is 3.00. The number of methoxy groups -OCH3 is 1. The van der Waals surface area contributed by atoms with E-state index in [0.29, 0.717) is 39.4 Å². The number of halogens is 1. The van der Waals surface area contributed by atoms with Crippen LogP contribution in [0.1, 0.15) is 29.9 Å². The standard InChI is InChI=1S/C20H19ClN4O3/c1-4-25-20(27)15-8-6-5-7-14(15)18(24-25)19(26)23-22-12(2)16-11-13(21)9-10-17(16)28-3/h5-11H,4H2,1-3H3,(H,23,26)/b22-12-. The Balaban J connectivity index is 1.98. The summed E-state index contributed by atoms with van der Waals surface area (Å²) >= 11 is 6.05. The number of hydrogen-bond acceptors (Lipinski definition) is 5. The summed E-state index contributed by atoms with van der Waals surface area (Å²) in [4.78, 5) is 25.1. The summed E-state index contributed by atoms with van der Waals surface area (Å²) in [6.07, 6.45) is 0. The maximum atomic E-state index is 12.7. The molecule has 1 N–H and O–H groups in total. The predicted octanol–water partition coefficient (Wildman–Crippen LogP) is 3.23. The Kier molecular flexibility index (Phi) is 5.75. The van der Waals surface area contributed by atoms with Gasteiger partial charge in [-0.15, -0.1) is 0 Å². The summed E-state index contributed by atoms with van der Waals surface area (Å²) in [5, 5.41) is 9.78. The second-order valence-electron chi connectivity index (χ2n) is 6.00. The van der Waals surface area contributed by atoms with E-state index in [4.69, 9.17) is 16.3 Å². The van der Waals surface area contributed by atoms with Gasteiger partial charge in [0.2, 0.25) is 0 Å². The maximum Gasteiger partial charge on any atom is 0.292 e.